The number of carbonyl (C=O) groups is 2. The van der Waals surface area contributed by atoms with Crippen LogP contribution in [0.1, 0.15) is 30.7 Å². The van der Waals surface area contributed by atoms with Crippen molar-refractivity contribution in [2.45, 2.75) is 25.2 Å². The van der Waals surface area contributed by atoms with Crippen LogP contribution >= 0.6 is 0 Å². The molecule has 1 unspecified atom stereocenters. The molecular formula is C22H27N5O2. The molecule has 0 aliphatic carbocycles. The van der Waals surface area contributed by atoms with E-state index < -0.39 is 0 Å². The van der Waals surface area contributed by atoms with Crippen molar-refractivity contribution in [2.24, 2.45) is 0 Å². The zero-order valence-electron chi connectivity index (χ0n) is 16.6. The van der Waals surface area contributed by atoms with E-state index in [2.05, 4.69) is 19.8 Å². The Morgan fingerprint density at radius 3 is 2.34 bits per heavy atom. The Morgan fingerprint density at radius 2 is 1.62 bits per heavy atom. The van der Waals surface area contributed by atoms with Crippen LogP contribution in [0.3, 0.4) is 0 Å². The van der Waals surface area contributed by atoms with E-state index in [-0.39, 0.29) is 17.7 Å². The van der Waals surface area contributed by atoms with Crippen molar-refractivity contribution in [1.82, 2.24) is 19.8 Å². The number of hydrogen-bond acceptors (Lipinski definition) is 6. The van der Waals surface area contributed by atoms with Gasteiger partial charge < -0.3 is 4.90 Å². The number of piperidine rings is 1. The number of anilines is 1. The molecule has 2 aliphatic rings. The first-order chi connectivity index (χ1) is 14.2. The van der Waals surface area contributed by atoms with Crippen LogP contribution in [0.4, 0.5) is 5.95 Å². The number of imide groups is 1. The molecule has 7 nitrogen and oxygen atoms in total. The number of nitrogens with zero attached hydrogens (tertiary/aromatic N) is 5. The molecular weight excluding hydrogens is 366 g/mol. The first-order valence-electron chi connectivity index (χ1n) is 10.4. The van der Waals surface area contributed by atoms with Gasteiger partial charge in [-0.25, -0.2) is 9.97 Å². The number of likely N-dealkylation sites (tertiary alicyclic amines) is 1. The largest absolute Gasteiger partial charge is 0.338 e. The SMILES string of the molecule is O=C1CCC(c2ccccc2)C(=O)N1CCCN1CCN(c2ncccn2)CC1. The van der Waals surface area contributed by atoms with Crippen LogP contribution in [0.5, 0.6) is 0 Å². The highest BCUT2D eigenvalue weighted by Gasteiger charge is 2.34. The van der Waals surface area contributed by atoms with Crippen molar-refractivity contribution >= 4 is 17.8 Å². The van der Waals surface area contributed by atoms with Gasteiger partial charge in [-0.15, -0.1) is 0 Å². The molecule has 4 rings (SSSR count). The summed E-state index contributed by atoms with van der Waals surface area (Å²) in [5, 5.41) is 0. The zero-order valence-corrected chi connectivity index (χ0v) is 16.6. The third-order valence-corrected chi connectivity index (χ3v) is 5.78. The first kappa shape index (κ1) is 19.5. The monoisotopic (exact) mass is 393 g/mol. The fourth-order valence-corrected chi connectivity index (χ4v) is 4.15. The number of amides is 2. The second kappa shape index (κ2) is 9.13. The Hall–Kier alpha value is -2.80. The maximum atomic E-state index is 12.9. The molecule has 0 N–H and O–H groups in total. The lowest BCUT2D eigenvalue weighted by atomic mass is 9.89. The minimum atomic E-state index is -0.191. The first-order valence-corrected chi connectivity index (χ1v) is 10.4. The summed E-state index contributed by atoms with van der Waals surface area (Å²) in [5.41, 5.74) is 1.01. The van der Waals surface area contributed by atoms with E-state index in [4.69, 9.17) is 0 Å². The normalized spacial score (nSPS) is 20.9. The van der Waals surface area contributed by atoms with E-state index in [1.807, 2.05) is 36.4 Å². The molecule has 1 aromatic carbocycles. The third kappa shape index (κ3) is 4.62. The van der Waals surface area contributed by atoms with Crippen LogP contribution in [-0.2, 0) is 9.59 Å². The van der Waals surface area contributed by atoms with Gasteiger partial charge >= 0.3 is 0 Å². The highest BCUT2D eigenvalue weighted by Crippen LogP contribution is 2.28. The van der Waals surface area contributed by atoms with Gasteiger partial charge in [0.2, 0.25) is 17.8 Å². The molecule has 29 heavy (non-hydrogen) atoms. The molecule has 2 aliphatic heterocycles. The quantitative estimate of drug-likeness (QED) is 0.699. The summed E-state index contributed by atoms with van der Waals surface area (Å²) >= 11 is 0. The Morgan fingerprint density at radius 1 is 0.897 bits per heavy atom. The standard InChI is InChI=1S/C22H27N5O2/c28-20-9-8-19(18-6-2-1-3-7-18)21(29)27(20)13-5-12-25-14-16-26(17-15-25)22-23-10-4-11-24-22/h1-4,6-7,10-11,19H,5,8-9,12-17H2. The second-order valence-corrected chi connectivity index (χ2v) is 7.62. The molecule has 2 aromatic rings. The summed E-state index contributed by atoms with van der Waals surface area (Å²) in [5.74, 6) is 0.513. The van der Waals surface area contributed by atoms with E-state index in [1.165, 1.54) is 4.90 Å². The van der Waals surface area contributed by atoms with Crippen molar-refractivity contribution < 1.29 is 9.59 Å². The van der Waals surface area contributed by atoms with Crippen LogP contribution in [0.2, 0.25) is 0 Å². The molecule has 152 valence electrons. The number of piperazine rings is 1. The van der Waals surface area contributed by atoms with Crippen LogP contribution in [0, 0.1) is 0 Å². The Bertz CT molecular complexity index is 822. The second-order valence-electron chi connectivity index (χ2n) is 7.62. The van der Waals surface area contributed by atoms with E-state index in [1.54, 1.807) is 12.4 Å². The Kier molecular flexibility index (Phi) is 6.14. The minimum Gasteiger partial charge on any atom is -0.338 e. The van der Waals surface area contributed by atoms with Gasteiger partial charge in [0.15, 0.2) is 0 Å². The summed E-state index contributed by atoms with van der Waals surface area (Å²) < 4.78 is 0. The van der Waals surface area contributed by atoms with E-state index in [0.717, 1.165) is 50.7 Å². The van der Waals surface area contributed by atoms with Gasteiger partial charge in [-0.2, -0.15) is 0 Å². The van der Waals surface area contributed by atoms with E-state index in [9.17, 15) is 9.59 Å². The lowest BCUT2D eigenvalue weighted by Gasteiger charge is -2.35. The predicted molar refractivity (Wildman–Crippen MR) is 110 cm³/mol. The molecule has 0 bridgehead atoms. The molecule has 0 spiro atoms. The summed E-state index contributed by atoms with van der Waals surface area (Å²) in [6, 6.07) is 11.6. The molecule has 1 aromatic heterocycles. The summed E-state index contributed by atoms with van der Waals surface area (Å²) in [7, 11) is 0. The zero-order chi connectivity index (χ0) is 20.1. The van der Waals surface area contributed by atoms with E-state index >= 15 is 0 Å². The molecule has 1 atom stereocenters. The van der Waals surface area contributed by atoms with Gasteiger partial charge in [0.05, 0.1) is 5.92 Å². The van der Waals surface area contributed by atoms with Gasteiger partial charge in [-0.3, -0.25) is 19.4 Å². The van der Waals surface area contributed by atoms with Crippen LogP contribution in [-0.4, -0.2) is 70.9 Å². The van der Waals surface area contributed by atoms with E-state index in [0.29, 0.717) is 19.4 Å². The van der Waals surface area contributed by atoms with Crippen molar-refractivity contribution in [3.8, 4) is 0 Å². The molecule has 0 radical (unpaired) electrons. The fourth-order valence-electron chi connectivity index (χ4n) is 4.15. The number of carbonyl (C=O) groups excluding carboxylic acids is 2. The molecule has 2 saturated heterocycles. The summed E-state index contributed by atoms with van der Waals surface area (Å²) in [6.45, 7) is 5.04. The third-order valence-electron chi connectivity index (χ3n) is 5.78. The topological polar surface area (TPSA) is 69.6 Å². The van der Waals surface area contributed by atoms with Crippen LogP contribution in [0.15, 0.2) is 48.8 Å². The highest BCUT2D eigenvalue weighted by molar-refractivity contribution is 6.01. The minimum absolute atomic E-state index is 0.0340. The Balaban J connectivity index is 1.26. The average molecular weight is 393 g/mol. The highest BCUT2D eigenvalue weighted by atomic mass is 16.2. The maximum absolute atomic E-state index is 12.9. The average Bonchev–Trinajstić information content (AvgIpc) is 2.78. The van der Waals surface area contributed by atoms with Gasteiger partial charge in [0.25, 0.3) is 0 Å². The number of benzene rings is 1. The molecule has 0 saturated carbocycles. The van der Waals surface area contributed by atoms with Gasteiger partial charge in [0, 0.05) is 51.5 Å². The van der Waals surface area contributed by atoms with Crippen molar-refractivity contribution in [2.75, 3.05) is 44.2 Å². The molecule has 2 fully saturated rings. The predicted octanol–water partition coefficient (Wildman–Crippen LogP) is 1.92. The van der Waals surface area contributed by atoms with Crippen molar-refractivity contribution in [3.63, 3.8) is 0 Å². The van der Waals surface area contributed by atoms with Crippen molar-refractivity contribution in [1.29, 1.82) is 0 Å². The fraction of sp³-hybridized carbons (Fsp3) is 0.455. The van der Waals surface area contributed by atoms with Gasteiger partial charge in [-0.1, -0.05) is 30.3 Å². The number of aromatic nitrogens is 2. The number of rotatable bonds is 6. The van der Waals surface area contributed by atoms with Crippen molar-refractivity contribution in [3.05, 3.63) is 54.4 Å². The van der Waals surface area contributed by atoms with Gasteiger partial charge in [-0.05, 0) is 31.0 Å². The van der Waals surface area contributed by atoms with Crippen LogP contribution in [0.25, 0.3) is 0 Å². The molecule has 2 amide bonds. The number of hydrogen-bond donors (Lipinski definition) is 0. The molecule has 7 heteroatoms. The maximum Gasteiger partial charge on any atom is 0.236 e. The lowest BCUT2D eigenvalue weighted by Crippen LogP contribution is -2.48. The van der Waals surface area contributed by atoms with Gasteiger partial charge in [0.1, 0.15) is 0 Å². The Labute approximate surface area is 171 Å². The summed E-state index contributed by atoms with van der Waals surface area (Å²) in [6.07, 6.45) is 5.40. The van der Waals surface area contributed by atoms with Crippen LogP contribution < -0.4 is 4.90 Å². The summed E-state index contributed by atoms with van der Waals surface area (Å²) in [4.78, 5) is 39.9. The lowest BCUT2D eigenvalue weighted by molar-refractivity contribution is -0.149. The molecule has 3 heterocycles. The smallest absolute Gasteiger partial charge is 0.236 e.